The van der Waals surface area contributed by atoms with E-state index in [0.717, 1.165) is 11.6 Å². The van der Waals surface area contributed by atoms with Crippen LogP contribution in [0, 0.1) is 0 Å². The molecule has 2 rings (SSSR count). The number of benzene rings is 1. The largest absolute Gasteiger partial charge is 0.635 e. The summed E-state index contributed by atoms with van der Waals surface area (Å²) in [5.41, 5.74) is 0.769. The third kappa shape index (κ3) is 5.83. The number of alkyl halides is 1. The molecule has 3 N–H and O–H groups in total. The first kappa shape index (κ1) is 19.9. The molecule has 1 aromatic rings. The molecule has 1 fully saturated rings. The Labute approximate surface area is 150 Å². The number of alkyl carbamates (subject to hydrolysis) is 1. The Morgan fingerprint density at radius 1 is 1.38 bits per heavy atom. The molecule has 1 saturated heterocycles. The van der Waals surface area contributed by atoms with Crippen molar-refractivity contribution in [3.05, 3.63) is 48.6 Å². The first-order valence-corrected chi connectivity index (χ1v) is 7.97. The topological polar surface area (TPSA) is 108 Å². The van der Waals surface area contributed by atoms with E-state index in [4.69, 9.17) is 19.4 Å². The van der Waals surface area contributed by atoms with Gasteiger partial charge in [-0.2, -0.15) is 0 Å². The Kier molecular flexibility index (Phi) is 7.13. The molecule has 2 amide bonds. The Balaban J connectivity index is 1.92. The van der Waals surface area contributed by atoms with Crippen LogP contribution in [0.15, 0.2) is 43.0 Å². The predicted molar refractivity (Wildman–Crippen MR) is 90.3 cm³/mol. The average Bonchev–Trinajstić information content (AvgIpc) is 2.95. The third-order valence-corrected chi connectivity index (χ3v) is 3.77. The van der Waals surface area contributed by atoms with Crippen LogP contribution in [0.1, 0.15) is 5.56 Å². The van der Waals surface area contributed by atoms with Crippen molar-refractivity contribution in [2.24, 2.45) is 0 Å². The van der Waals surface area contributed by atoms with Gasteiger partial charge in [0.2, 0.25) is 5.91 Å². The van der Waals surface area contributed by atoms with Crippen LogP contribution in [0.4, 0.5) is 9.18 Å². The summed E-state index contributed by atoms with van der Waals surface area (Å²) in [6.45, 7) is 3.04. The molecule has 0 radical (unpaired) electrons. The lowest BCUT2D eigenvalue weighted by atomic mass is 10.1. The molecule has 0 saturated carbocycles. The van der Waals surface area contributed by atoms with Crippen molar-refractivity contribution < 1.29 is 33.4 Å². The van der Waals surface area contributed by atoms with Gasteiger partial charge < -0.3 is 24.3 Å². The van der Waals surface area contributed by atoms with Crippen LogP contribution in [0.3, 0.4) is 0 Å². The highest BCUT2D eigenvalue weighted by molar-refractivity contribution is 6.32. The SMILES string of the molecule is C=CC(=O)N1C[C@@H](F)[C@@H](OC(=O)N[C@@H](Cc2ccccc2)OB(O)O)C1. The lowest BCUT2D eigenvalue weighted by molar-refractivity contribution is -0.125. The molecular formula is C16H20BFN2O6. The number of halogens is 1. The summed E-state index contributed by atoms with van der Waals surface area (Å²) in [5.74, 6) is -0.451. The van der Waals surface area contributed by atoms with Crippen molar-refractivity contribution >= 4 is 19.3 Å². The van der Waals surface area contributed by atoms with Gasteiger partial charge in [0.15, 0.2) is 12.3 Å². The fraction of sp³-hybridized carbons (Fsp3) is 0.375. The van der Waals surface area contributed by atoms with E-state index in [2.05, 4.69) is 11.9 Å². The maximum atomic E-state index is 13.9. The number of hydrogen-bond acceptors (Lipinski definition) is 6. The van der Waals surface area contributed by atoms with Crippen molar-refractivity contribution in [2.45, 2.75) is 24.9 Å². The first-order chi connectivity index (χ1) is 12.4. The van der Waals surface area contributed by atoms with E-state index in [0.29, 0.717) is 0 Å². The highest BCUT2D eigenvalue weighted by Gasteiger charge is 2.37. The highest BCUT2D eigenvalue weighted by atomic mass is 19.1. The molecule has 26 heavy (non-hydrogen) atoms. The summed E-state index contributed by atoms with van der Waals surface area (Å²) in [6.07, 6.45) is -3.56. The maximum Gasteiger partial charge on any atom is 0.635 e. The normalized spacial score (nSPS) is 20.3. The number of ether oxygens (including phenoxy) is 1. The molecule has 0 unspecified atom stereocenters. The fourth-order valence-electron chi connectivity index (χ4n) is 2.57. The quantitative estimate of drug-likeness (QED) is 0.356. The van der Waals surface area contributed by atoms with E-state index >= 15 is 0 Å². The third-order valence-electron chi connectivity index (χ3n) is 3.77. The standard InChI is InChI=1S/C16H20BFN2O6/c1-2-15(21)20-9-12(18)13(10-20)25-16(22)19-14(26-17(23)24)8-11-6-4-3-5-7-11/h2-7,12-14,23-24H,1,8-10H2,(H,19,22)/t12-,13+,14-/m1/s1. The van der Waals surface area contributed by atoms with Crippen molar-refractivity contribution in [1.82, 2.24) is 10.2 Å². The van der Waals surface area contributed by atoms with E-state index in [1.54, 1.807) is 30.3 Å². The van der Waals surface area contributed by atoms with Gasteiger partial charge in [-0.15, -0.1) is 0 Å². The van der Waals surface area contributed by atoms with Crippen molar-refractivity contribution in [3.8, 4) is 0 Å². The zero-order chi connectivity index (χ0) is 19.1. The molecular weight excluding hydrogens is 346 g/mol. The smallest absolute Gasteiger partial charge is 0.441 e. The molecule has 1 heterocycles. The number of rotatable bonds is 7. The number of amides is 2. The lowest BCUT2D eigenvalue weighted by Gasteiger charge is -2.21. The number of carbonyl (C=O) groups is 2. The highest BCUT2D eigenvalue weighted by Crippen LogP contribution is 2.17. The molecule has 8 nitrogen and oxygen atoms in total. The molecule has 0 bridgehead atoms. The minimum absolute atomic E-state index is 0.0910. The first-order valence-electron chi connectivity index (χ1n) is 7.97. The van der Waals surface area contributed by atoms with Crippen molar-refractivity contribution in [3.63, 3.8) is 0 Å². The second-order valence-electron chi connectivity index (χ2n) is 5.69. The zero-order valence-electron chi connectivity index (χ0n) is 14.0. The zero-order valence-corrected chi connectivity index (χ0v) is 14.0. The predicted octanol–water partition coefficient (Wildman–Crippen LogP) is 0.00240. The van der Waals surface area contributed by atoms with Gasteiger partial charge in [0.1, 0.15) is 6.23 Å². The van der Waals surface area contributed by atoms with Gasteiger partial charge in [-0.25, -0.2) is 9.18 Å². The van der Waals surface area contributed by atoms with Gasteiger partial charge in [0.25, 0.3) is 0 Å². The Morgan fingerprint density at radius 3 is 2.69 bits per heavy atom. The fourth-order valence-corrected chi connectivity index (χ4v) is 2.57. The van der Waals surface area contributed by atoms with Crippen molar-refractivity contribution in [1.29, 1.82) is 0 Å². The van der Waals surface area contributed by atoms with Gasteiger partial charge >= 0.3 is 13.4 Å². The molecule has 10 heteroatoms. The summed E-state index contributed by atoms with van der Waals surface area (Å²) in [4.78, 5) is 24.7. The van der Waals surface area contributed by atoms with Crippen LogP contribution in [0.2, 0.25) is 0 Å². The average molecular weight is 366 g/mol. The van der Waals surface area contributed by atoms with Gasteiger partial charge in [-0.05, 0) is 11.6 Å². The maximum absolute atomic E-state index is 13.9. The Morgan fingerprint density at radius 2 is 2.08 bits per heavy atom. The van der Waals surface area contributed by atoms with Crippen molar-refractivity contribution in [2.75, 3.05) is 13.1 Å². The van der Waals surface area contributed by atoms with Crippen LogP contribution < -0.4 is 5.32 Å². The number of likely N-dealkylation sites (tertiary alicyclic amines) is 1. The number of hydrogen-bond donors (Lipinski definition) is 3. The van der Waals surface area contributed by atoms with Crippen LogP contribution >= 0.6 is 0 Å². The van der Waals surface area contributed by atoms with E-state index in [-0.39, 0.29) is 19.5 Å². The van der Waals surface area contributed by atoms with Crippen LogP contribution in [0.5, 0.6) is 0 Å². The number of nitrogens with one attached hydrogen (secondary N) is 1. The van der Waals surface area contributed by atoms with E-state index in [1.165, 1.54) is 4.90 Å². The van der Waals surface area contributed by atoms with Gasteiger partial charge in [0, 0.05) is 6.42 Å². The minimum atomic E-state index is -2.11. The number of nitrogens with zero attached hydrogens (tertiary/aromatic N) is 1. The second kappa shape index (κ2) is 9.32. The minimum Gasteiger partial charge on any atom is -0.441 e. The van der Waals surface area contributed by atoms with Gasteiger partial charge in [-0.1, -0.05) is 36.9 Å². The molecule has 1 aromatic carbocycles. The van der Waals surface area contributed by atoms with E-state index in [9.17, 15) is 14.0 Å². The van der Waals surface area contributed by atoms with E-state index < -0.39 is 37.8 Å². The summed E-state index contributed by atoms with van der Waals surface area (Å²) in [7, 11) is -2.11. The summed E-state index contributed by atoms with van der Waals surface area (Å²) < 4.78 is 23.8. The Hall–Kier alpha value is -2.43. The van der Waals surface area contributed by atoms with Gasteiger partial charge in [-0.3, -0.25) is 10.1 Å². The van der Waals surface area contributed by atoms with Crippen LogP contribution in [-0.2, 0) is 20.6 Å². The number of carbonyl (C=O) groups excluding carboxylic acids is 2. The van der Waals surface area contributed by atoms with E-state index in [1.807, 2.05) is 0 Å². The van der Waals surface area contributed by atoms with Crippen LogP contribution in [-0.4, -0.2) is 65.9 Å². The molecule has 1 aliphatic heterocycles. The molecule has 0 aliphatic carbocycles. The van der Waals surface area contributed by atoms with Crippen LogP contribution in [0.25, 0.3) is 0 Å². The summed E-state index contributed by atoms with van der Waals surface area (Å²) in [5, 5.41) is 20.3. The molecule has 0 spiro atoms. The molecule has 1 aliphatic rings. The lowest BCUT2D eigenvalue weighted by Crippen LogP contribution is -2.44. The second-order valence-corrected chi connectivity index (χ2v) is 5.69. The summed E-state index contributed by atoms with van der Waals surface area (Å²) >= 11 is 0. The summed E-state index contributed by atoms with van der Waals surface area (Å²) in [6, 6.07) is 8.88. The Bertz CT molecular complexity index is 632. The molecule has 140 valence electrons. The monoisotopic (exact) mass is 366 g/mol. The molecule has 3 atom stereocenters. The molecule has 0 aromatic heterocycles. The van der Waals surface area contributed by atoms with Gasteiger partial charge in [0.05, 0.1) is 13.1 Å².